The number of hydrogen-bond donors (Lipinski definition) is 1. The van der Waals surface area contributed by atoms with Crippen molar-refractivity contribution in [3.8, 4) is 0 Å². The van der Waals surface area contributed by atoms with Crippen LogP contribution in [0.3, 0.4) is 0 Å². The summed E-state index contributed by atoms with van der Waals surface area (Å²) in [5.41, 5.74) is 6.76. The maximum absolute atomic E-state index is 13.1. The van der Waals surface area contributed by atoms with E-state index >= 15 is 0 Å². The number of nitrogens with two attached hydrogens (primary N) is 1. The molecule has 1 saturated heterocycles. The first-order valence-corrected chi connectivity index (χ1v) is 11.1. The lowest BCUT2D eigenvalue weighted by molar-refractivity contribution is -0.143. The summed E-state index contributed by atoms with van der Waals surface area (Å²) in [6.07, 6.45) is 1.02. The molecule has 1 atom stereocenters. The van der Waals surface area contributed by atoms with Gasteiger partial charge in [-0.15, -0.1) is 0 Å². The first kappa shape index (κ1) is 23.8. The van der Waals surface area contributed by atoms with Crippen LogP contribution in [0.15, 0.2) is 35.5 Å². The highest BCUT2D eigenvalue weighted by atomic mass is 35.5. The van der Waals surface area contributed by atoms with Crippen LogP contribution in [0.25, 0.3) is 0 Å². The zero-order chi connectivity index (χ0) is 23.4. The largest absolute Gasteiger partial charge is 0.463 e. The summed E-state index contributed by atoms with van der Waals surface area (Å²) < 4.78 is 5.27. The van der Waals surface area contributed by atoms with Crippen molar-refractivity contribution in [3.05, 3.63) is 46.1 Å². The zero-order valence-corrected chi connectivity index (χ0v) is 19.1. The molecular formula is C23H28ClN3O5. The van der Waals surface area contributed by atoms with Gasteiger partial charge in [-0.05, 0) is 38.3 Å². The van der Waals surface area contributed by atoms with Gasteiger partial charge in [0.15, 0.2) is 0 Å². The molecule has 172 valence electrons. The van der Waals surface area contributed by atoms with E-state index < -0.39 is 11.9 Å². The van der Waals surface area contributed by atoms with Crippen molar-refractivity contribution in [1.82, 2.24) is 9.80 Å². The molecule has 2 heterocycles. The number of allylic oxidation sites excluding steroid dienone is 1. The predicted octanol–water partition coefficient (Wildman–Crippen LogP) is 2.22. The van der Waals surface area contributed by atoms with Crippen molar-refractivity contribution in [1.29, 1.82) is 0 Å². The molecule has 3 amide bonds. The third-order valence-corrected chi connectivity index (χ3v) is 6.49. The van der Waals surface area contributed by atoms with Gasteiger partial charge in [-0.25, -0.2) is 4.79 Å². The Hall–Kier alpha value is -2.87. The lowest BCUT2D eigenvalue weighted by atomic mass is 9.83. The van der Waals surface area contributed by atoms with Crippen LogP contribution >= 0.6 is 11.6 Å². The Bertz CT molecular complexity index is 953. The Labute approximate surface area is 192 Å². The molecule has 0 spiro atoms. The van der Waals surface area contributed by atoms with E-state index in [-0.39, 0.29) is 43.2 Å². The van der Waals surface area contributed by atoms with E-state index in [4.69, 9.17) is 22.1 Å². The number of hydrogen-bond acceptors (Lipinski definition) is 5. The molecule has 3 rings (SSSR count). The number of rotatable bonds is 6. The number of nitrogens with zero attached hydrogens (tertiary/aromatic N) is 2. The summed E-state index contributed by atoms with van der Waals surface area (Å²) in [5, 5.41) is 0.460. The van der Waals surface area contributed by atoms with E-state index in [0.717, 1.165) is 0 Å². The second kappa shape index (κ2) is 10.2. The molecule has 0 aliphatic carbocycles. The molecule has 0 radical (unpaired) electrons. The summed E-state index contributed by atoms with van der Waals surface area (Å²) in [7, 11) is 0. The fraction of sp³-hybridized carbons (Fsp3) is 0.478. The van der Waals surface area contributed by atoms with E-state index in [1.165, 1.54) is 4.90 Å². The van der Waals surface area contributed by atoms with Gasteiger partial charge in [-0.3, -0.25) is 14.4 Å². The Morgan fingerprint density at radius 1 is 1.19 bits per heavy atom. The van der Waals surface area contributed by atoms with Crippen molar-refractivity contribution in [2.75, 3.05) is 26.2 Å². The monoisotopic (exact) mass is 461 g/mol. The number of amides is 3. The normalized spacial score (nSPS) is 19.8. The molecule has 9 heteroatoms. The van der Waals surface area contributed by atoms with E-state index in [0.29, 0.717) is 47.8 Å². The number of ether oxygens (including phenoxy) is 1. The molecule has 2 aliphatic rings. The van der Waals surface area contributed by atoms with Gasteiger partial charge < -0.3 is 20.3 Å². The van der Waals surface area contributed by atoms with Crippen molar-refractivity contribution in [3.63, 3.8) is 0 Å². The fourth-order valence-corrected chi connectivity index (χ4v) is 4.62. The van der Waals surface area contributed by atoms with Crippen LogP contribution in [0.2, 0.25) is 5.02 Å². The summed E-state index contributed by atoms with van der Waals surface area (Å²) in [4.78, 5) is 53.1. The third-order valence-electron chi connectivity index (χ3n) is 6.14. The molecule has 1 unspecified atom stereocenters. The number of carbonyl (C=O) groups is 4. The average Bonchev–Trinajstić information content (AvgIpc) is 2.76. The maximum Gasteiger partial charge on any atom is 0.336 e. The summed E-state index contributed by atoms with van der Waals surface area (Å²) in [6, 6.07) is 7.08. The quantitative estimate of drug-likeness (QED) is 0.653. The smallest absolute Gasteiger partial charge is 0.336 e. The van der Waals surface area contributed by atoms with Crippen LogP contribution in [0.1, 0.15) is 44.6 Å². The van der Waals surface area contributed by atoms with Crippen LogP contribution in [-0.2, 0) is 23.9 Å². The standard InChI is InChI=1S/C23H28ClN3O5/c1-3-32-23(31)21-14(2)27(13-20(29)26-10-8-15(9-11-26)22(25)30)19(28)12-17(21)16-6-4-5-7-18(16)24/h4-7,15,17H,3,8-13H2,1-2H3,(H2,25,30). The number of carbonyl (C=O) groups excluding carboxylic acids is 4. The molecule has 32 heavy (non-hydrogen) atoms. The van der Waals surface area contributed by atoms with Crippen LogP contribution in [-0.4, -0.2) is 59.7 Å². The molecule has 2 aliphatic heterocycles. The van der Waals surface area contributed by atoms with Crippen molar-refractivity contribution < 1.29 is 23.9 Å². The lowest BCUT2D eigenvalue weighted by Gasteiger charge is -2.36. The lowest BCUT2D eigenvalue weighted by Crippen LogP contribution is -2.48. The maximum atomic E-state index is 13.1. The Morgan fingerprint density at radius 2 is 1.84 bits per heavy atom. The van der Waals surface area contributed by atoms with Crippen LogP contribution in [0, 0.1) is 5.92 Å². The molecule has 0 aromatic heterocycles. The SMILES string of the molecule is CCOC(=O)C1=C(C)N(CC(=O)N2CCC(C(N)=O)CC2)C(=O)CC1c1ccccc1Cl. The first-order valence-electron chi connectivity index (χ1n) is 10.7. The second-order valence-corrected chi connectivity index (χ2v) is 8.44. The third kappa shape index (κ3) is 4.96. The topological polar surface area (TPSA) is 110 Å². The number of benzene rings is 1. The summed E-state index contributed by atoms with van der Waals surface area (Å²) in [6.45, 7) is 4.19. The van der Waals surface area contributed by atoms with Crippen LogP contribution < -0.4 is 5.73 Å². The highest BCUT2D eigenvalue weighted by molar-refractivity contribution is 6.31. The van der Waals surface area contributed by atoms with Crippen LogP contribution in [0.5, 0.6) is 0 Å². The first-order chi connectivity index (χ1) is 15.2. The Kier molecular flexibility index (Phi) is 7.56. The van der Waals surface area contributed by atoms with Gasteiger partial charge in [0.2, 0.25) is 17.7 Å². The van der Waals surface area contributed by atoms with Gasteiger partial charge in [0, 0.05) is 42.1 Å². The minimum Gasteiger partial charge on any atom is -0.463 e. The number of esters is 1. The number of likely N-dealkylation sites (tertiary alicyclic amines) is 1. The summed E-state index contributed by atoms with van der Waals surface area (Å²) >= 11 is 6.36. The average molecular weight is 462 g/mol. The van der Waals surface area contributed by atoms with Gasteiger partial charge in [0.05, 0.1) is 12.2 Å². The molecule has 1 aromatic carbocycles. The van der Waals surface area contributed by atoms with Gasteiger partial charge in [-0.2, -0.15) is 0 Å². The fourth-order valence-electron chi connectivity index (χ4n) is 4.35. The van der Waals surface area contributed by atoms with Crippen molar-refractivity contribution in [2.45, 2.75) is 39.0 Å². The Morgan fingerprint density at radius 3 is 2.44 bits per heavy atom. The minimum absolute atomic E-state index is 0.00620. The predicted molar refractivity (Wildman–Crippen MR) is 118 cm³/mol. The van der Waals surface area contributed by atoms with Crippen molar-refractivity contribution in [2.24, 2.45) is 11.7 Å². The zero-order valence-electron chi connectivity index (χ0n) is 18.3. The molecule has 1 fully saturated rings. The van der Waals surface area contributed by atoms with E-state index in [1.54, 1.807) is 43.0 Å². The van der Waals surface area contributed by atoms with E-state index in [2.05, 4.69) is 0 Å². The number of primary amides is 1. The summed E-state index contributed by atoms with van der Waals surface area (Å²) in [5.74, 6) is -2.16. The highest BCUT2D eigenvalue weighted by Crippen LogP contribution is 2.39. The molecule has 8 nitrogen and oxygen atoms in total. The number of halogens is 1. The molecular weight excluding hydrogens is 434 g/mol. The Balaban J connectivity index is 1.86. The highest BCUT2D eigenvalue weighted by Gasteiger charge is 2.39. The van der Waals surface area contributed by atoms with E-state index in [1.807, 2.05) is 0 Å². The second-order valence-electron chi connectivity index (χ2n) is 8.04. The minimum atomic E-state index is -0.548. The van der Waals surface area contributed by atoms with E-state index in [9.17, 15) is 19.2 Å². The number of piperidine rings is 1. The van der Waals surface area contributed by atoms with Crippen molar-refractivity contribution >= 4 is 35.3 Å². The van der Waals surface area contributed by atoms with Gasteiger partial charge >= 0.3 is 5.97 Å². The van der Waals surface area contributed by atoms with Crippen LogP contribution in [0.4, 0.5) is 0 Å². The molecule has 0 saturated carbocycles. The molecule has 1 aromatic rings. The van der Waals surface area contributed by atoms with Gasteiger partial charge in [-0.1, -0.05) is 29.8 Å². The van der Waals surface area contributed by atoms with Gasteiger partial charge in [0.25, 0.3) is 0 Å². The molecule has 2 N–H and O–H groups in total. The molecule has 0 bridgehead atoms. The van der Waals surface area contributed by atoms with Gasteiger partial charge in [0.1, 0.15) is 6.54 Å².